The van der Waals surface area contributed by atoms with E-state index in [2.05, 4.69) is 34.4 Å². The number of halogens is 1. The Balaban J connectivity index is 1.64. The normalized spacial score (nSPS) is 15.6. The molecule has 0 aliphatic heterocycles. The molecule has 8 heteroatoms. The summed E-state index contributed by atoms with van der Waals surface area (Å²) in [7, 11) is 1.72. The highest BCUT2D eigenvalue weighted by Crippen LogP contribution is 2.33. The van der Waals surface area contributed by atoms with Crippen LogP contribution in [0.4, 0.5) is 5.69 Å². The zero-order valence-corrected chi connectivity index (χ0v) is 18.8. The van der Waals surface area contributed by atoms with E-state index in [4.69, 9.17) is 11.6 Å². The maximum atomic E-state index is 11.1. The Morgan fingerprint density at radius 3 is 2.58 bits per heavy atom. The topological polar surface area (TPSA) is 72.8 Å². The summed E-state index contributed by atoms with van der Waals surface area (Å²) in [5, 5.41) is 17.8. The van der Waals surface area contributed by atoms with Gasteiger partial charge in [-0.2, -0.15) is 5.10 Å². The van der Waals surface area contributed by atoms with Crippen molar-refractivity contribution in [1.82, 2.24) is 4.68 Å². The number of hydrogen-bond acceptors (Lipinski definition) is 5. The van der Waals surface area contributed by atoms with Crippen LogP contribution in [0.5, 0.6) is 0 Å². The Morgan fingerprint density at radius 2 is 1.90 bits per heavy atom. The molecule has 6 nitrogen and oxygen atoms in total. The summed E-state index contributed by atoms with van der Waals surface area (Å²) in [6, 6.07) is 13.4. The fourth-order valence-corrected chi connectivity index (χ4v) is 4.99. The van der Waals surface area contributed by atoms with Crippen LogP contribution in [0, 0.1) is 10.1 Å². The van der Waals surface area contributed by atoms with E-state index in [0.717, 1.165) is 16.1 Å². The maximum Gasteiger partial charge on any atom is 0.288 e. The van der Waals surface area contributed by atoms with Gasteiger partial charge >= 0.3 is 0 Å². The minimum atomic E-state index is -0.497. The summed E-state index contributed by atoms with van der Waals surface area (Å²) in [5.41, 5.74) is 3.85. The first-order valence-electron chi connectivity index (χ1n) is 10.3. The van der Waals surface area contributed by atoms with Crippen molar-refractivity contribution in [3.8, 4) is 11.3 Å². The van der Waals surface area contributed by atoms with Gasteiger partial charge in [-0.05, 0) is 30.4 Å². The molecule has 0 N–H and O–H groups in total. The van der Waals surface area contributed by atoms with Gasteiger partial charge in [-0.3, -0.25) is 15.1 Å². The predicted molar refractivity (Wildman–Crippen MR) is 126 cm³/mol. The molecular weight excluding hydrogens is 432 g/mol. The number of hydrogen-bond donors (Lipinski definition) is 0. The van der Waals surface area contributed by atoms with Crippen molar-refractivity contribution in [3.05, 3.63) is 78.9 Å². The largest absolute Gasteiger partial charge is 0.288 e. The van der Waals surface area contributed by atoms with Crippen LogP contribution < -0.4 is 4.80 Å². The van der Waals surface area contributed by atoms with E-state index in [-0.39, 0.29) is 10.7 Å². The standard InChI is InChI=1S/C23H23ClN4O2S/c1-25-23-27(26-14-16-7-12-20(24)21(13-16)28(29)30)22(15-31-23)19-10-8-18(9-11-19)17-5-3-2-4-6-17/h7-15,17H,2-6H2,1H3. The smallest absolute Gasteiger partial charge is 0.261 e. The Bertz CT molecular complexity index is 1180. The molecule has 31 heavy (non-hydrogen) atoms. The Morgan fingerprint density at radius 1 is 1.16 bits per heavy atom. The second kappa shape index (κ2) is 9.58. The zero-order valence-electron chi connectivity index (χ0n) is 17.2. The van der Waals surface area contributed by atoms with E-state index in [1.165, 1.54) is 61.1 Å². The lowest BCUT2D eigenvalue weighted by molar-refractivity contribution is -0.384. The molecule has 1 fully saturated rings. The molecule has 1 aliphatic carbocycles. The number of thiazole rings is 1. The molecule has 1 aromatic heterocycles. The molecule has 0 spiro atoms. The molecule has 1 heterocycles. The van der Waals surface area contributed by atoms with Crippen LogP contribution in [0.25, 0.3) is 11.3 Å². The third kappa shape index (κ3) is 4.78. The van der Waals surface area contributed by atoms with Crippen molar-refractivity contribution < 1.29 is 4.92 Å². The minimum Gasteiger partial charge on any atom is -0.261 e. The SMILES string of the molecule is CN=c1scc(-c2ccc(C3CCCCC3)cc2)n1N=Cc1ccc(Cl)c([N+](=O)[O-])c1. The Kier molecular flexibility index (Phi) is 6.63. The minimum absolute atomic E-state index is 0.105. The summed E-state index contributed by atoms with van der Waals surface area (Å²) in [5.74, 6) is 0.664. The van der Waals surface area contributed by atoms with Crippen molar-refractivity contribution in [1.29, 1.82) is 0 Å². The van der Waals surface area contributed by atoms with Gasteiger partial charge in [-0.25, -0.2) is 4.68 Å². The number of nitrogens with zero attached hydrogens (tertiary/aromatic N) is 4. The van der Waals surface area contributed by atoms with E-state index in [0.29, 0.717) is 11.5 Å². The molecule has 0 bridgehead atoms. The number of benzene rings is 2. The molecule has 160 valence electrons. The van der Waals surface area contributed by atoms with Crippen LogP contribution in [-0.4, -0.2) is 22.9 Å². The lowest BCUT2D eigenvalue weighted by Gasteiger charge is -2.22. The van der Waals surface area contributed by atoms with Gasteiger partial charge in [0.15, 0.2) is 0 Å². The van der Waals surface area contributed by atoms with Gasteiger partial charge in [0, 0.05) is 29.6 Å². The van der Waals surface area contributed by atoms with Gasteiger partial charge in [-0.15, -0.1) is 11.3 Å². The van der Waals surface area contributed by atoms with Gasteiger partial charge in [0.05, 0.1) is 16.8 Å². The van der Waals surface area contributed by atoms with E-state index < -0.39 is 4.92 Å². The molecule has 2 aromatic carbocycles. The third-order valence-electron chi connectivity index (χ3n) is 5.65. The lowest BCUT2D eigenvalue weighted by Crippen LogP contribution is -2.11. The first-order chi connectivity index (χ1) is 15.1. The summed E-state index contributed by atoms with van der Waals surface area (Å²) in [6.45, 7) is 0. The second-order valence-corrected chi connectivity index (χ2v) is 8.85. The summed E-state index contributed by atoms with van der Waals surface area (Å²) >= 11 is 7.41. The summed E-state index contributed by atoms with van der Waals surface area (Å²) in [6.07, 6.45) is 8.11. The Hall–Kier alpha value is -2.77. The predicted octanol–water partition coefficient (Wildman–Crippen LogP) is 6.24. The maximum absolute atomic E-state index is 11.1. The van der Waals surface area contributed by atoms with Gasteiger partial charge in [-0.1, -0.05) is 61.2 Å². The van der Waals surface area contributed by atoms with E-state index in [1.54, 1.807) is 24.0 Å². The number of aromatic nitrogens is 1. The molecule has 1 saturated carbocycles. The summed E-state index contributed by atoms with van der Waals surface area (Å²) in [4.78, 5) is 15.7. The number of nitro groups is 1. The molecule has 4 rings (SSSR count). The number of nitro benzene ring substituents is 1. The van der Waals surface area contributed by atoms with E-state index in [9.17, 15) is 10.1 Å². The average molecular weight is 455 g/mol. The fourth-order valence-electron chi connectivity index (χ4n) is 4.00. The van der Waals surface area contributed by atoms with Crippen LogP contribution in [-0.2, 0) is 0 Å². The van der Waals surface area contributed by atoms with Crippen LogP contribution in [0.15, 0.2) is 57.9 Å². The highest BCUT2D eigenvalue weighted by Gasteiger charge is 2.16. The number of rotatable bonds is 5. The van der Waals surface area contributed by atoms with Crippen LogP contribution in [0.2, 0.25) is 5.02 Å². The van der Waals surface area contributed by atoms with Gasteiger partial charge in [0.25, 0.3) is 5.69 Å². The molecular formula is C23H23ClN4O2S. The quantitative estimate of drug-likeness (QED) is 0.260. The summed E-state index contributed by atoms with van der Waals surface area (Å²) < 4.78 is 1.76. The molecule has 0 amide bonds. The van der Waals surface area contributed by atoms with Crippen molar-refractivity contribution in [2.75, 3.05) is 7.05 Å². The molecule has 0 unspecified atom stereocenters. The highest BCUT2D eigenvalue weighted by atomic mass is 35.5. The zero-order chi connectivity index (χ0) is 21.8. The van der Waals surface area contributed by atoms with Crippen LogP contribution in [0.3, 0.4) is 0 Å². The van der Waals surface area contributed by atoms with Gasteiger partial charge < -0.3 is 0 Å². The van der Waals surface area contributed by atoms with Crippen molar-refractivity contribution >= 4 is 34.8 Å². The van der Waals surface area contributed by atoms with Crippen molar-refractivity contribution in [2.24, 2.45) is 10.1 Å². The van der Waals surface area contributed by atoms with Crippen LogP contribution in [0.1, 0.15) is 49.1 Å². The lowest BCUT2D eigenvalue weighted by atomic mass is 9.84. The molecule has 1 aliphatic rings. The van der Waals surface area contributed by atoms with Crippen molar-refractivity contribution in [2.45, 2.75) is 38.0 Å². The van der Waals surface area contributed by atoms with E-state index in [1.807, 2.05) is 5.38 Å². The van der Waals surface area contributed by atoms with Gasteiger partial charge in [0.2, 0.25) is 4.80 Å². The average Bonchev–Trinajstić information content (AvgIpc) is 3.22. The highest BCUT2D eigenvalue weighted by molar-refractivity contribution is 7.07. The van der Waals surface area contributed by atoms with E-state index >= 15 is 0 Å². The monoisotopic (exact) mass is 454 g/mol. The third-order valence-corrected chi connectivity index (χ3v) is 6.88. The second-order valence-electron chi connectivity index (χ2n) is 7.61. The van der Waals surface area contributed by atoms with Crippen LogP contribution >= 0.6 is 22.9 Å². The molecule has 3 aromatic rings. The first kappa shape index (κ1) is 21.5. The first-order valence-corrected chi connectivity index (χ1v) is 11.5. The molecule has 0 radical (unpaired) electrons. The fraction of sp³-hybridized carbons (Fsp3) is 0.304. The van der Waals surface area contributed by atoms with Crippen molar-refractivity contribution in [3.63, 3.8) is 0 Å². The molecule has 0 saturated heterocycles. The molecule has 0 atom stereocenters. The van der Waals surface area contributed by atoms with Gasteiger partial charge in [0.1, 0.15) is 5.02 Å². The Labute approximate surface area is 189 Å².